The molecule has 0 aliphatic heterocycles. The molecule has 10 heteroatoms. The first-order valence-corrected chi connectivity index (χ1v) is 32.4. The molecule has 0 rings (SSSR count). The van der Waals surface area contributed by atoms with Crippen molar-refractivity contribution in [2.75, 3.05) is 40.9 Å². The predicted molar refractivity (Wildman–Crippen MR) is 332 cm³/mol. The van der Waals surface area contributed by atoms with Gasteiger partial charge in [0.25, 0.3) is 0 Å². The molecule has 2 N–H and O–H groups in total. The minimum absolute atomic E-state index is 0.0225. The van der Waals surface area contributed by atoms with Crippen LogP contribution in [0.3, 0.4) is 0 Å². The Bertz CT molecular complexity index is 1730. The number of nitrogens with zero attached hydrogens (tertiary/aromatic N) is 1. The fraction of sp³-hybridized carbons (Fsp3) is 0.672. The summed E-state index contributed by atoms with van der Waals surface area (Å²) in [5.41, 5.74) is 0. The van der Waals surface area contributed by atoms with Crippen molar-refractivity contribution in [3.8, 4) is 0 Å². The summed E-state index contributed by atoms with van der Waals surface area (Å²) >= 11 is 0. The standard InChI is InChI=1S/C67H115N2O7P/c1-7-10-13-16-19-22-25-27-29-31-32-33-34-35-36-38-39-41-44-47-50-53-56-59-66(70)68-64(63-75-77(72,73)74-62-61-69(4,5)6)65(58-55-52-49-46-43-24-21-18-15-12-9-3)76-67(71)60-57-54-51-48-45-42-40-37-30-28-26-23-20-17-14-11-8-2/h11,14,19-20,22-23,27-30,32-33,35-36,40,42,48,51,55,58,64-65H,7-10,12-13,15-18,21,24-26,31,34,37-39,41,43-47,49-50,52-54,56-57,59-63H2,1-6H3,(H-,68,70,72,73)/p+1/b14-11-,22-19-,23-20-,29-27-,30-28-,33-32-,36-35-,42-40-,51-48-,58-55-. The first-order chi connectivity index (χ1) is 37.4. The number of hydrogen-bond donors (Lipinski definition) is 2. The first kappa shape index (κ1) is 73.4. The maximum Gasteiger partial charge on any atom is 0.472 e. The number of nitrogens with one attached hydrogen (secondary N) is 1. The number of amides is 1. The van der Waals surface area contributed by atoms with E-state index in [2.05, 4.69) is 135 Å². The summed E-state index contributed by atoms with van der Waals surface area (Å²) < 4.78 is 30.6. The Kier molecular flexibility index (Phi) is 53.1. The number of carbonyl (C=O) groups is 2. The summed E-state index contributed by atoms with van der Waals surface area (Å²) in [5.74, 6) is -0.594. The number of carbonyl (C=O) groups excluding carboxylic acids is 2. The van der Waals surface area contributed by atoms with Crippen molar-refractivity contribution in [2.45, 2.75) is 251 Å². The van der Waals surface area contributed by atoms with E-state index in [1.807, 2.05) is 33.3 Å². The van der Waals surface area contributed by atoms with Crippen LogP contribution in [0.4, 0.5) is 0 Å². The Labute approximate surface area is 473 Å². The van der Waals surface area contributed by atoms with E-state index in [0.29, 0.717) is 23.9 Å². The summed E-state index contributed by atoms with van der Waals surface area (Å²) in [6, 6.07) is -0.885. The molecule has 0 heterocycles. The lowest BCUT2D eigenvalue weighted by Crippen LogP contribution is -2.47. The summed E-state index contributed by atoms with van der Waals surface area (Å²) in [4.78, 5) is 37.7. The number of allylic oxidation sites excluding steroid dienone is 19. The molecular weight excluding hydrogens is 976 g/mol. The van der Waals surface area contributed by atoms with Crippen molar-refractivity contribution in [1.29, 1.82) is 0 Å². The molecule has 0 radical (unpaired) electrons. The van der Waals surface area contributed by atoms with E-state index in [9.17, 15) is 19.0 Å². The number of phosphoric acid groups is 1. The van der Waals surface area contributed by atoms with Gasteiger partial charge in [-0.1, -0.05) is 233 Å². The highest BCUT2D eigenvalue weighted by Gasteiger charge is 2.30. The molecule has 440 valence electrons. The minimum atomic E-state index is -4.47. The molecule has 0 aliphatic rings. The zero-order valence-electron chi connectivity index (χ0n) is 50.2. The molecule has 3 unspecified atom stereocenters. The van der Waals surface area contributed by atoms with Crippen LogP contribution in [0.15, 0.2) is 122 Å². The largest absolute Gasteiger partial charge is 0.472 e. The van der Waals surface area contributed by atoms with Crippen molar-refractivity contribution in [3.05, 3.63) is 122 Å². The SMILES string of the molecule is CC/C=C\C/C=C\C/C=C\C/C=C\C/C=C\CCCC(=O)OC(/C=C\CCCCCCCCCCC)C(COP(=O)(O)OCC[N+](C)(C)C)NC(=O)CCCCCCCCC/C=C\C/C=C\C/C=C\C/C=C\CCCCC. The molecule has 0 aromatic carbocycles. The third-order valence-corrected chi connectivity index (χ3v) is 13.9. The molecule has 9 nitrogen and oxygen atoms in total. The third kappa shape index (κ3) is 56.9. The fourth-order valence-electron chi connectivity index (χ4n) is 8.13. The van der Waals surface area contributed by atoms with Gasteiger partial charge in [0.1, 0.15) is 19.3 Å². The van der Waals surface area contributed by atoms with Crippen molar-refractivity contribution in [3.63, 3.8) is 0 Å². The number of phosphoric ester groups is 1. The Morgan fingerprint density at radius 3 is 1.30 bits per heavy atom. The van der Waals surface area contributed by atoms with Crippen LogP contribution in [0.2, 0.25) is 0 Å². The van der Waals surface area contributed by atoms with E-state index in [1.54, 1.807) is 0 Å². The third-order valence-electron chi connectivity index (χ3n) is 12.9. The number of unbranched alkanes of at least 4 members (excludes halogenated alkanes) is 20. The lowest BCUT2D eigenvalue weighted by Gasteiger charge is -2.27. The molecular formula is C67H116N2O7P+. The number of rotatable bonds is 54. The first-order valence-electron chi connectivity index (χ1n) is 30.9. The number of likely N-dealkylation sites (N-methyl/N-ethyl adjacent to an activating group) is 1. The van der Waals surface area contributed by atoms with Gasteiger partial charge < -0.3 is 19.4 Å². The normalized spacial score (nSPS) is 14.5. The van der Waals surface area contributed by atoms with E-state index in [1.165, 1.54) is 89.9 Å². The summed E-state index contributed by atoms with van der Waals surface area (Å²) in [6.45, 7) is 6.80. The second kappa shape index (κ2) is 55.7. The Morgan fingerprint density at radius 1 is 0.468 bits per heavy atom. The van der Waals surface area contributed by atoms with Crippen LogP contribution in [0.5, 0.6) is 0 Å². The molecule has 0 fully saturated rings. The molecule has 0 spiro atoms. The van der Waals surface area contributed by atoms with Crippen molar-refractivity contribution in [2.24, 2.45) is 0 Å². The van der Waals surface area contributed by atoms with E-state index >= 15 is 0 Å². The van der Waals surface area contributed by atoms with Gasteiger partial charge in [-0.25, -0.2) is 4.57 Å². The molecule has 3 atom stereocenters. The monoisotopic (exact) mass is 1090 g/mol. The van der Waals surface area contributed by atoms with Gasteiger partial charge in [-0.05, 0) is 115 Å². The molecule has 0 aromatic heterocycles. The molecule has 0 bridgehead atoms. The average Bonchev–Trinajstić information content (AvgIpc) is 3.39. The molecule has 0 saturated heterocycles. The van der Waals surface area contributed by atoms with Gasteiger partial charge in [0.2, 0.25) is 5.91 Å². The van der Waals surface area contributed by atoms with Crippen LogP contribution in [-0.2, 0) is 27.9 Å². The Balaban J connectivity index is 5.31. The number of ether oxygens (including phenoxy) is 1. The maximum atomic E-state index is 13.5. The van der Waals surface area contributed by atoms with Gasteiger partial charge in [0.05, 0.1) is 33.8 Å². The van der Waals surface area contributed by atoms with E-state index in [-0.39, 0.29) is 31.5 Å². The number of hydrogen-bond acceptors (Lipinski definition) is 6. The smallest absolute Gasteiger partial charge is 0.456 e. The topological polar surface area (TPSA) is 111 Å². The molecule has 77 heavy (non-hydrogen) atoms. The maximum absolute atomic E-state index is 13.5. The zero-order chi connectivity index (χ0) is 56.4. The highest BCUT2D eigenvalue weighted by Crippen LogP contribution is 2.43. The Hall–Kier alpha value is -3.59. The molecule has 0 aromatic rings. The van der Waals surface area contributed by atoms with Crippen LogP contribution in [0, 0.1) is 0 Å². The van der Waals surface area contributed by atoms with Gasteiger partial charge in [0.15, 0.2) is 0 Å². The number of esters is 1. The summed E-state index contributed by atoms with van der Waals surface area (Å²) in [6.07, 6.45) is 77.8. The summed E-state index contributed by atoms with van der Waals surface area (Å²) in [7, 11) is 1.44. The van der Waals surface area contributed by atoms with Gasteiger partial charge in [-0.2, -0.15) is 0 Å². The van der Waals surface area contributed by atoms with Crippen LogP contribution < -0.4 is 5.32 Å². The van der Waals surface area contributed by atoms with E-state index in [0.717, 1.165) is 109 Å². The highest BCUT2D eigenvalue weighted by molar-refractivity contribution is 7.47. The van der Waals surface area contributed by atoms with Gasteiger partial charge in [-0.15, -0.1) is 0 Å². The van der Waals surface area contributed by atoms with E-state index in [4.69, 9.17) is 13.8 Å². The van der Waals surface area contributed by atoms with Crippen LogP contribution in [0.25, 0.3) is 0 Å². The lowest BCUT2D eigenvalue weighted by molar-refractivity contribution is -0.870. The van der Waals surface area contributed by atoms with Crippen molar-refractivity contribution < 1.29 is 37.3 Å². The predicted octanol–water partition coefficient (Wildman–Crippen LogP) is 19.1. The minimum Gasteiger partial charge on any atom is -0.456 e. The average molecular weight is 1090 g/mol. The molecule has 0 aliphatic carbocycles. The highest BCUT2D eigenvalue weighted by atomic mass is 31.2. The Morgan fingerprint density at radius 2 is 0.844 bits per heavy atom. The number of quaternary nitrogens is 1. The van der Waals surface area contributed by atoms with Gasteiger partial charge in [0, 0.05) is 12.8 Å². The van der Waals surface area contributed by atoms with Crippen LogP contribution in [-0.4, -0.2) is 74.3 Å². The summed E-state index contributed by atoms with van der Waals surface area (Å²) in [5, 5.41) is 3.03. The quantitative estimate of drug-likeness (QED) is 0.0205. The van der Waals surface area contributed by atoms with Crippen molar-refractivity contribution in [1.82, 2.24) is 5.32 Å². The van der Waals surface area contributed by atoms with Gasteiger partial charge >= 0.3 is 13.8 Å². The molecule has 0 saturated carbocycles. The van der Waals surface area contributed by atoms with Crippen molar-refractivity contribution >= 4 is 19.7 Å². The second-order valence-electron chi connectivity index (χ2n) is 21.5. The van der Waals surface area contributed by atoms with E-state index < -0.39 is 20.0 Å². The zero-order valence-corrected chi connectivity index (χ0v) is 51.1. The lowest BCUT2D eigenvalue weighted by atomic mass is 10.1. The second-order valence-corrected chi connectivity index (χ2v) is 22.9. The molecule has 1 amide bonds. The fourth-order valence-corrected chi connectivity index (χ4v) is 8.87. The van der Waals surface area contributed by atoms with Crippen LogP contribution in [0.1, 0.15) is 239 Å². The van der Waals surface area contributed by atoms with Crippen LogP contribution >= 0.6 is 7.82 Å². The van der Waals surface area contributed by atoms with Gasteiger partial charge in [-0.3, -0.25) is 18.6 Å².